The number of hydrogen-bond acceptors (Lipinski definition) is 1. The Labute approximate surface area is 77.6 Å². The van der Waals surface area contributed by atoms with E-state index in [-0.39, 0.29) is 0 Å². The maximum absolute atomic E-state index is 13.1. The molecule has 0 aliphatic carbocycles. The number of rotatable bonds is 2. The molecule has 0 unspecified atom stereocenters. The summed E-state index contributed by atoms with van der Waals surface area (Å²) in [7, 11) is 0.950. The molecule has 1 aromatic carbocycles. The lowest BCUT2D eigenvalue weighted by atomic mass is 10.1. The maximum Gasteiger partial charge on any atom is 0.206 e. The van der Waals surface area contributed by atoms with Crippen LogP contribution in [-0.4, -0.2) is 7.11 Å². The highest BCUT2D eigenvalue weighted by Gasteiger charge is 2.24. The molecule has 0 radical (unpaired) electrons. The van der Waals surface area contributed by atoms with E-state index in [0.717, 1.165) is 13.2 Å². The molecule has 0 heterocycles. The van der Waals surface area contributed by atoms with Crippen LogP contribution in [0.4, 0.5) is 17.6 Å². The number of methoxy groups -OCH3 is 1. The third-order valence-electron chi connectivity index (χ3n) is 1.67. The van der Waals surface area contributed by atoms with Crippen molar-refractivity contribution < 1.29 is 22.3 Å². The van der Waals surface area contributed by atoms with Crippen molar-refractivity contribution in [2.24, 2.45) is 0 Å². The second-order valence-corrected chi connectivity index (χ2v) is 2.41. The summed E-state index contributed by atoms with van der Waals surface area (Å²) in [5.74, 6) is -7.35. The Morgan fingerprint density at radius 1 is 1.00 bits per heavy atom. The van der Waals surface area contributed by atoms with Crippen LogP contribution < -0.4 is 4.74 Å². The largest absolute Gasteiger partial charge is 0.491 e. The molecule has 1 aromatic rings. The van der Waals surface area contributed by atoms with Gasteiger partial charge in [-0.1, -0.05) is 12.7 Å². The van der Waals surface area contributed by atoms with Gasteiger partial charge in [-0.25, -0.2) is 13.2 Å². The van der Waals surface area contributed by atoms with Crippen LogP contribution >= 0.6 is 0 Å². The van der Waals surface area contributed by atoms with Crippen molar-refractivity contribution in [3.63, 3.8) is 0 Å². The fraction of sp³-hybridized carbons (Fsp3) is 0.111. The minimum Gasteiger partial charge on any atom is -0.491 e. The zero-order valence-electron chi connectivity index (χ0n) is 7.20. The van der Waals surface area contributed by atoms with E-state index in [2.05, 4.69) is 11.3 Å². The second-order valence-electron chi connectivity index (χ2n) is 2.41. The average molecular weight is 206 g/mol. The summed E-state index contributed by atoms with van der Waals surface area (Å²) >= 11 is 0. The normalized spacial score (nSPS) is 10.1. The van der Waals surface area contributed by atoms with Crippen LogP contribution in [-0.2, 0) is 0 Å². The van der Waals surface area contributed by atoms with Crippen molar-refractivity contribution in [3.8, 4) is 5.75 Å². The van der Waals surface area contributed by atoms with E-state index < -0.39 is 34.6 Å². The van der Waals surface area contributed by atoms with E-state index >= 15 is 0 Å². The van der Waals surface area contributed by atoms with Crippen molar-refractivity contribution in [3.05, 3.63) is 35.4 Å². The lowest BCUT2D eigenvalue weighted by Crippen LogP contribution is -2.03. The van der Waals surface area contributed by atoms with Crippen LogP contribution in [0.1, 0.15) is 5.56 Å². The third-order valence-corrected chi connectivity index (χ3v) is 1.67. The molecule has 5 heteroatoms. The van der Waals surface area contributed by atoms with Gasteiger partial charge in [-0.3, -0.25) is 0 Å². The third kappa shape index (κ3) is 1.34. The van der Waals surface area contributed by atoms with E-state index in [1.54, 1.807) is 0 Å². The van der Waals surface area contributed by atoms with Gasteiger partial charge in [0.2, 0.25) is 5.82 Å². The Bertz CT molecular complexity index is 387. The van der Waals surface area contributed by atoms with Gasteiger partial charge in [-0.2, -0.15) is 4.39 Å². The van der Waals surface area contributed by atoms with Crippen LogP contribution in [0.2, 0.25) is 0 Å². The van der Waals surface area contributed by atoms with Gasteiger partial charge in [0.05, 0.1) is 12.7 Å². The molecule has 0 aromatic heterocycles. The zero-order valence-corrected chi connectivity index (χ0v) is 7.20. The molecule has 0 aliphatic heterocycles. The van der Waals surface area contributed by atoms with Gasteiger partial charge in [0.1, 0.15) is 0 Å². The van der Waals surface area contributed by atoms with Crippen LogP contribution in [0.15, 0.2) is 6.58 Å². The van der Waals surface area contributed by atoms with Crippen molar-refractivity contribution in [2.75, 3.05) is 7.11 Å². The fourth-order valence-electron chi connectivity index (χ4n) is 0.988. The number of ether oxygens (including phenoxy) is 1. The van der Waals surface area contributed by atoms with Crippen molar-refractivity contribution >= 4 is 6.08 Å². The fourth-order valence-corrected chi connectivity index (χ4v) is 0.988. The highest BCUT2D eigenvalue weighted by atomic mass is 19.2. The van der Waals surface area contributed by atoms with Gasteiger partial charge in [0, 0.05) is 0 Å². The first kappa shape index (κ1) is 10.6. The average Bonchev–Trinajstić information content (AvgIpc) is 2.16. The first-order valence-electron chi connectivity index (χ1n) is 3.57. The molecule has 0 N–H and O–H groups in total. The smallest absolute Gasteiger partial charge is 0.206 e. The predicted octanol–water partition coefficient (Wildman–Crippen LogP) is 2.89. The summed E-state index contributed by atoms with van der Waals surface area (Å²) in [5, 5.41) is 0. The summed E-state index contributed by atoms with van der Waals surface area (Å²) in [6.07, 6.45) is 0.746. The molecule has 0 aliphatic rings. The van der Waals surface area contributed by atoms with Crippen molar-refractivity contribution in [1.82, 2.24) is 0 Å². The number of benzene rings is 1. The minimum atomic E-state index is -1.78. The molecule has 14 heavy (non-hydrogen) atoms. The molecule has 1 rings (SSSR count). The second kappa shape index (κ2) is 3.69. The van der Waals surface area contributed by atoms with Crippen molar-refractivity contribution in [2.45, 2.75) is 0 Å². The summed E-state index contributed by atoms with van der Waals surface area (Å²) in [4.78, 5) is 0. The van der Waals surface area contributed by atoms with Gasteiger partial charge in [-0.05, 0) is 0 Å². The van der Waals surface area contributed by atoms with E-state index in [1.165, 1.54) is 0 Å². The highest BCUT2D eigenvalue weighted by Crippen LogP contribution is 2.30. The van der Waals surface area contributed by atoms with Crippen molar-refractivity contribution in [1.29, 1.82) is 0 Å². The Balaban J connectivity index is 3.64. The maximum atomic E-state index is 13.1. The quantitative estimate of drug-likeness (QED) is 0.410. The molecule has 0 amide bonds. The Hall–Kier alpha value is -1.52. The molecular weight excluding hydrogens is 200 g/mol. The Morgan fingerprint density at radius 2 is 1.57 bits per heavy atom. The lowest BCUT2D eigenvalue weighted by molar-refractivity contribution is 0.334. The molecule has 1 nitrogen and oxygen atoms in total. The van der Waals surface area contributed by atoms with Crippen LogP contribution in [0.25, 0.3) is 6.08 Å². The topological polar surface area (TPSA) is 9.23 Å². The van der Waals surface area contributed by atoms with E-state index in [4.69, 9.17) is 0 Å². The van der Waals surface area contributed by atoms with Gasteiger partial charge < -0.3 is 4.74 Å². The van der Waals surface area contributed by atoms with Crippen LogP contribution in [0.3, 0.4) is 0 Å². The van der Waals surface area contributed by atoms with E-state index in [1.807, 2.05) is 0 Å². The SMILES string of the molecule is C=Cc1c(F)c(F)c(F)c(OC)c1F. The summed E-state index contributed by atoms with van der Waals surface area (Å²) in [5.41, 5.74) is -0.749. The number of hydrogen-bond donors (Lipinski definition) is 0. The summed E-state index contributed by atoms with van der Waals surface area (Å²) in [6, 6.07) is 0. The van der Waals surface area contributed by atoms with Gasteiger partial charge in [0.25, 0.3) is 0 Å². The Kier molecular flexibility index (Phi) is 2.78. The summed E-state index contributed by atoms with van der Waals surface area (Å²) < 4.78 is 55.8. The molecule has 0 fully saturated rings. The molecular formula is C9H6F4O. The molecule has 0 saturated heterocycles. The first-order valence-corrected chi connectivity index (χ1v) is 3.57. The first-order chi connectivity index (χ1) is 6.54. The van der Waals surface area contributed by atoms with E-state index in [9.17, 15) is 17.6 Å². The zero-order chi connectivity index (χ0) is 10.9. The lowest BCUT2D eigenvalue weighted by Gasteiger charge is -2.08. The monoisotopic (exact) mass is 206 g/mol. The van der Waals surface area contributed by atoms with Crippen LogP contribution in [0.5, 0.6) is 5.75 Å². The molecule has 0 bridgehead atoms. The standard InChI is InChI=1S/C9H6F4O/c1-3-4-5(10)7(12)8(13)9(14-2)6(4)11/h3H,1H2,2H3. The molecule has 0 spiro atoms. The number of halogens is 4. The molecule has 76 valence electrons. The van der Waals surface area contributed by atoms with Gasteiger partial charge in [-0.15, -0.1) is 0 Å². The molecule has 0 atom stereocenters. The van der Waals surface area contributed by atoms with E-state index in [0.29, 0.717) is 0 Å². The highest BCUT2D eigenvalue weighted by molar-refractivity contribution is 5.52. The van der Waals surface area contributed by atoms with Gasteiger partial charge >= 0.3 is 0 Å². The van der Waals surface area contributed by atoms with Gasteiger partial charge in [0.15, 0.2) is 23.2 Å². The Morgan fingerprint density at radius 3 is 2.00 bits per heavy atom. The minimum absolute atomic E-state index is 0.746. The predicted molar refractivity (Wildman–Crippen MR) is 42.9 cm³/mol. The van der Waals surface area contributed by atoms with Crippen LogP contribution in [0, 0.1) is 23.3 Å². The summed E-state index contributed by atoms with van der Waals surface area (Å²) in [6.45, 7) is 3.07. The molecule has 0 saturated carbocycles.